The van der Waals surface area contributed by atoms with Crippen LogP contribution in [0.5, 0.6) is 0 Å². The maximum absolute atomic E-state index is 12.6. The number of hydrogen-bond acceptors (Lipinski definition) is 6. The van der Waals surface area contributed by atoms with Gasteiger partial charge in [-0.2, -0.15) is 5.10 Å². The minimum atomic E-state index is -0.356. The molecule has 1 aromatic rings. The predicted molar refractivity (Wildman–Crippen MR) is 98.3 cm³/mol. The molecule has 2 fully saturated rings. The minimum absolute atomic E-state index is 0.0826. The van der Waals surface area contributed by atoms with Crippen molar-refractivity contribution in [2.45, 2.75) is 39.2 Å². The van der Waals surface area contributed by atoms with Crippen LogP contribution in [0.4, 0.5) is 11.5 Å². The third-order valence-corrected chi connectivity index (χ3v) is 5.50. The van der Waals surface area contributed by atoms with Crippen LogP contribution >= 0.6 is 0 Å². The Bertz CT molecular complexity index is 680. The van der Waals surface area contributed by atoms with Crippen molar-refractivity contribution in [1.82, 2.24) is 19.6 Å². The van der Waals surface area contributed by atoms with Crippen molar-refractivity contribution in [3.05, 3.63) is 15.8 Å². The quantitative estimate of drug-likeness (QED) is 0.588. The topological polar surface area (TPSA) is 87.8 Å². The van der Waals surface area contributed by atoms with Gasteiger partial charge in [-0.25, -0.2) is 4.68 Å². The summed E-state index contributed by atoms with van der Waals surface area (Å²) in [6, 6.07) is 0.331. The third kappa shape index (κ3) is 3.67. The molecule has 1 aromatic heterocycles. The van der Waals surface area contributed by atoms with Gasteiger partial charge in [0.25, 0.3) is 0 Å². The predicted octanol–water partition coefficient (Wildman–Crippen LogP) is 1.16. The van der Waals surface area contributed by atoms with Crippen LogP contribution in [-0.2, 0) is 11.8 Å². The summed E-state index contributed by atoms with van der Waals surface area (Å²) in [7, 11) is 1.74. The van der Waals surface area contributed by atoms with Crippen LogP contribution in [0.15, 0.2) is 0 Å². The maximum Gasteiger partial charge on any atom is 0.333 e. The number of aromatic nitrogens is 2. The average molecular weight is 364 g/mol. The molecule has 0 aromatic carbocycles. The van der Waals surface area contributed by atoms with Crippen LogP contribution in [0.25, 0.3) is 0 Å². The van der Waals surface area contributed by atoms with Crippen molar-refractivity contribution in [2.24, 2.45) is 7.05 Å². The molecule has 2 saturated heterocycles. The fourth-order valence-corrected chi connectivity index (χ4v) is 4.07. The highest BCUT2D eigenvalue weighted by Gasteiger charge is 2.31. The van der Waals surface area contributed by atoms with E-state index in [-0.39, 0.29) is 16.5 Å². The number of likely N-dealkylation sites (tertiary alicyclic amines) is 1. The van der Waals surface area contributed by atoms with Crippen LogP contribution in [0.1, 0.15) is 31.9 Å². The molecule has 0 bridgehead atoms. The van der Waals surface area contributed by atoms with Gasteiger partial charge in [0, 0.05) is 45.8 Å². The molecule has 0 saturated carbocycles. The van der Waals surface area contributed by atoms with Crippen LogP contribution in [0, 0.1) is 17.0 Å². The third-order valence-electron chi connectivity index (χ3n) is 5.50. The molecule has 9 heteroatoms. The summed E-state index contributed by atoms with van der Waals surface area (Å²) in [5.74, 6) is 0.760. The second kappa shape index (κ2) is 7.61. The minimum Gasteiger partial charge on any atom is -0.349 e. The van der Waals surface area contributed by atoms with E-state index in [1.54, 1.807) is 18.7 Å². The number of nitrogens with zero attached hydrogens (tertiary/aromatic N) is 6. The summed E-state index contributed by atoms with van der Waals surface area (Å²) in [5, 5.41) is 15.6. The number of anilines is 1. The van der Waals surface area contributed by atoms with Crippen molar-refractivity contribution in [3.63, 3.8) is 0 Å². The summed E-state index contributed by atoms with van der Waals surface area (Å²) in [6.07, 6.45) is 3.38. The highest BCUT2D eigenvalue weighted by atomic mass is 16.6. The number of aryl methyl sites for hydroxylation is 2. The number of hydrogen-bond donors (Lipinski definition) is 0. The van der Waals surface area contributed by atoms with Crippen LogP contribution in [-0.4, -0.2) is 75.7 Å². The molecule has 1 atom stereocenters. The number of nitro groups is 1. The lowest BCUT2D eigenvalue weighted by atomic mass is 10.0. The highest BCUT2D eigenvalue weighted by molar-refractivity contribution is 5.78. The summed E-state index contributed by atoms with van der Waals surface area (Å²) in [5.41, 5.74) is 0.517. The van der Waals surface area contributed by atoms with E-state index < -0.39 is 0 Å². The van der Waals surface area contributed by atoms with E-state index in [2.05, 4.69) is 16.9 Å². The van der Waals surface area contributed by atoms with Gasteiger partial charge >= 0.3 is 5.69 Å². The molecule has 0 spiro atoms. The molecule has 9 nitrogen and oxygen atoms in total. The molecule has 1 unspecified atom stereocenters. The molecule has 2 aliphatic heterocycles. The van der Waals surface area contributed by atoms with E-state index in [1.165, 1.54) is 6.42 Å². The normalized spacial score (nSPS) is 21.9. The van der Waals surface area contributed by atoms with E-state index in [0.717, 1.165) is 32.5 Å². The molecular weight excluding hydrogens is 336 g/mol. The standard InChI is InChI=1S/C17H28N6O3/c1-13-6-4-5-7-22(13)15(24)12-20-8-10-21(11-9-20)17-16(23(25)26)14(2)18-19(17)3/h13H,4-12H2,1-3H3. The van der Waals surface area contributed by atoms with Gasteiger partial charge in [0.05, 0.1) is 11.5 Å². The molecular formula is C17H28N6O3. The fourth-order valence-electron chi connectivity index (χ4n) is 4.07. The van der Waals surface area contributed by atoms with Gasteiger partial charge < -0.3 is 9.80 Å². The van der Waals surface area contributed by atoms with Crippen molar-refractivity contribution in [1.29, 1.82) is 0 Å². The van der Waals surface area contributed by atoms with Crippen molar-refractivity contribution >= 4 is 17.4 Å². The molecule has 144 valence electrons. The first-order valence-electron chi connectivity index (χ1n) is 9.33. The molecule has 26 heavy (non-hydrogen) atoms. The lowest BCUT2D eigenvalue weighted by molar-refractivity contribution is -0.384. The van der Waals surface area contributed by atoms with Gasteiger partial charge in [0.15, 0.2) is 0 Å². The number of piperazine rings is 1. The van der Waals surface area contributed by atoms with Crippen LogP contribution in [0.3, 0.4) is 0 Å². The molecule has 0 N–H and O–H groups in total. The summed E-state index contributed by atoms with van der Waals surface area (Å²) in [6.45, 7) is 7.83. The largest absolute Gasteiger partial charge is 0.349 e. The zero-order valence-corrected chi connectivity index (χ0v) is 15.8. The van der Waals surface area contributed by atoms with Crippen molar-refractivity contribution < 1.29 is 9.72 Å². The fraction of sp³-hybridized carbons (Fsp3) is 0.765. The zero-order valence-electron chi connectivity index (χ0n) is 15.8. The Kier molecular flexibility index (Phi) is 5.45. The van der Waals surface area contributed by atoms with Gasteiger partial charge in [0.1, 0.15) is 5.69 Å². The van der Waals surface area contributed by atoms with Crippen LogP contribution < -0.4 is 4.90 Å². The maximum atomic E-state index is 12.6. The van der Waals surface area contributed by atoms with Gasteiger partial charge in [0.2, 0.25) is 11.7 Å². The van der Waals surface area contributed by atoms with E-state index in [9.17, 15) is 14.9 Å². The summed E-state index contributed by atoms with van der Waals surface area (Å²) >= 11 is 0. The van der Waals surface area contributed by atoms with Gasteiger partial charge in [-0.3, -0.25) is 19.8 Å². The average Bonchev–Trinajstić information content (AvgIpc) is 2.90. The Balaban J connectivity index is 1.60. The molecule has 3 rings (SSSR count). The highest BCUT2D eigenvalue weighted by Crippen LogP contribution is 2.31. The van der Waals surface area contributed by atoms with E-state index >= 15 is 0 Å². The molecule has 2 aliphatic rings. The van der Waals surface area contributed by atoms with Crippen LogP contribution in [0.2, 0.25) is 0 Å². The molecule has 0 radical (unpaired) electrons. The second-order valence-electron chi connectivity index (χ2n) is 7.33. The number of carbonyl (C=O) groups is 1. The number of carbonyl (C=O) groups excluding carboxylic acids is 1. The van der Waals surface area contributed by atoms with Gasteiger partial charge in [-0.15, -0.1) is 0 Å². The zero-order chi connectivity index (χ0) is 18.8. The molecule has 1 amide bonds. The molecule has 0 aliphatic carbocycles. The Morgan fingerprint density at radius 3 is 2.54 bits per heavy atom. The first kappa shape index (κ1) is 18.6. The Morgan fingerprint density at radius 1 is 1.23 bits per heavy atom. The van der Waals surface area contributed by atoms with Gasteiger partial charge in [-0.1, -0.05) is 0 Å². The first-order chi connectivity index (χ1) is 12.4. The lowest BCUT2D eigenvalue weighted by Gasteiger charge is -2.38. The number of rotatable bonds is 4. The van der Waals surface area contributed by atoms with Crippen molar-refractivity contribution in [3.8, 4) is 0 Å². The summed E-state index contributed by atoms with van der Waals surface area (Å²) in [4.78, 5) is 29.8. The second-order valence-corrected chi connectivity index (χ2v) is 7.33. The summed E-state index contributed by atoms with van der Waals surface area (Å²) < 4.78 is 1.59. The van der Waals surface area contributed by atoms with Gasteiger partial charge in [-0.05, 0) is 33.1 Å². The van der Waals surface area contributed by atoms with E-state index in [4.69, 9.17) is 0 Å². The lowest BCUT2D eigenvalue weighted by Crippen LogP contribution is -2.52. The Labute approximate surface area is 153 Å². The number of amides is 1. The van der Waals surface area contributed by atoms with Crippen molar-refractivity contribution in [2.75, 3.05) is 44.2 Å². The Morgan fingerprint density at radius 2 is 1.92 bits per heavy atom. The SMILES string of the molecule is Cc1nn(C)c(N2CCN(CC(=O)N3CCCCC3C)CC2)c1[N+](=O)[O-]. The smallest absolute Gasteiger partial charge is 0.333 e. The van der Waals surface area contributed by atoms with E-state index in [0.29, 0.717) is 37.2 Å². The van der Waals surface area contributed by atoms with E-state index in [1.807, 2.05) is 9.80 Å². The number of piperidine rings is 1. The Hall–Kier alpha value is -2.16. The monoisotopic (exact) mass is 364 g/mol. The molecule has 3 heterocycles. The first-order valence-corrected chi connectivity index (χ1v) is 9.33.